The molecule has 8 nitrogen and oxygen atoms in total. The maximum Gasteiger partial charge on any atom is 0.190 e. The Hall–Kier alpha value is -1.93. The molecule has 0 atom stereocenters. The van der Waals surface area contributed by atoms with E-state index in [1.54, 1.807) is 6.20 Å². The molecule has 1 fully saturated rings. The number of piperidine rings is 1. The molecule has 0 aromatic carbocycles. The summed E-state index contributed by atoms with van der Waals surface area (Å²) >= 11 is 0. The highest BCUT2D eigenvalue weighted by molar-refractivity contribution is 5.94. The van der Waals surface area contributed by atoms with Gasteiger partial charge in [-0.15, -0.1) is 0 Å². The lowest BCUT2D eigenvalue weighted by Crippen LogP contribution is -2.38. The first-order valence-corrected chi connectivity index (χ1v) is 6.52. The van der Waals surface area contributed by atoms with E-state index in [2.05, 4.69) is 20.0 Å². The van der Waals surface area contributed by atoms with Gasteiger partial charge in [0.2, 0.25) is 0 Å². The monoisotopic (exact) mass is 281 g/mol. The van der Waals surface area contributed by atoms with Crippen LogP contribution in [0.2, 0.25) is 0 Å². The zero-order chi connectivity index (χ0) is 14.4. The molecule has 1 aliphatic rings. The average molecular weight is 281 g/mol. The predicted octanol–water partition coefficient (Wildman–Crippen LogP) is -0.451. The highest BCUT2D eigenvalue weighted by Crippen LogP contribution is 2.18. The Labute approximate surface area is 116 Å². The van der Waals surface area contributed by atoms with Gasteiger partial charge in [-0.05, 0) is 12.8 Å². The molecule has 1 saturated heterocycles. The number of aliphatic hydroxyl groups excluding tert-OH is 1. The van der Waals surface area contributed by atoms with Crippen LogP contribution >= 0.6 is 0 Å². The van der Waals surface area contributed by atoms with E-state index >= 15 is 0 Å². The van der Waals surface area contributed by atoms with E-state index in [0.717, 1.165) is 31.7 Å². The number of oxime groups is 1. The van der Waals surface area contributed by atoms with Crippen molar-refractivity contribution in [3.8, 4) is 0 Å². The van der Waals surface area contributed by atoms with Crippen LogP contribution in [-0.2, 0) is 4.74 Å². The first-order valence-electron chi connectivity index (χ1n) is 6.52. The zero-order valence-electron chi connectivity index (χ0n) is 11.1. The molecule has 0 radical (unpaired) electrons. The van der Waals surface area contributed by atoms with Gasteiger partial charge in [-0.2, -0.15) is 0 Å². The van der Waals surface area contributed by atoms with Crippen LogP contribution in [0.1, 0.15) is 18.5 Å². The summed E-state index contributed by atoms with van der Waals surface area (Å²) < 4.78 is 5.51. The van der Waals surface area contributed by atoms with Crippen molar-refractivity contribution in [2.75, 3.05) is 31.2 Å². The Balaban J connectivity index is 1.90. The standard InChI is InChI=1S/C12H19N5O3/c13-12(16-19)10-7-15-11(8-14-10)17-3-1-9(2-4-17)20-6-5-18/h7-9,18-19H,1-6H2,(H2,13,16). The Kier molecular flexibility index (Phi) is 5.08. The lowest BCUT2D eigenvalue weighted by molar-refractivity contribution is 0.0158. The lowest BCUT2D eigenvalue weighted by atomic mass is 10.1. The van der Waals surface area contributed by atoms with Gasteiger partial charge in [-0.3, -0.25) is 0 Å². The van der Waals surface area contributed by atoms with E-state index in [1.165, 1.54) is 6.20 Å². The van der Waals surface area contributed by atoms with E-state index < -0.39 is 0 Å². The maximum atomic E-state index is 8.73. The van der Waals surface area contributed by atoms with Gasteiger partial charge in [0.05, 0.1) is 31.7 Å². The largest absolute Gasteiger partial charge is 0.409 e. The molecule has 110 valence electrons. The first-order chi connectivity index (χ1) is 9.74. The third kappa shape index (κ3) is 3.55. The Morgan fingerprint density at radius 2 is 2.15 bits per heavy atom. The van der Waals surface area contributed by atoms with E-state index in [0.29, 0.717) is 12.3 Å². The summed E-state index contributed by atoms with van der Waals surface area (Å²) in [6.45, 7) is 2.10. The quantitative estimate of drug-likeness (QED) is 0.289. The number of aromatic nitrogens is 2. The predicted molar refractivity (Wildman–Crippen MR) is 72.8 cm³/mol. The highest BCUT2D eigenvalue weighted by atomic mass is 16.5. The fraction of sp³-hybridized carbons (Fsp3) is 0.583. The second-order valence-corrected chi connectivity index (χ2v) is 4.53. The fourth-order valence-electron chi connectivity index (χ4n) is 2.14. The van der Waals surface area contributed by atoms with Gasteiger partial charge in [0, 0.05) is 13.1 Å². The minimum atomic E-state index is -0.0554. The fourth-order valence-corrected chi connectivity index (χ4v) is 2.14. The Morgan fingerprint density at radius 3 is 2.70 bits per heavy atom. The SMILES string of the molecule is NC(=NO)c1cnc(N2CCC(OCCO)CC2)cn1. The maximum absolute atomic E-state index is 8.73. The molecular weight excluding hydrogens is 262 g/mol. The molecule has 0 amide bonds. The van der Waals surface area contributed by atoms with Crippen molar-refractivity contribution in [1.82, 2.24) is 9.97 Å². The summed E-state index contributed by atoms with van der Waals surface area (Å²) in [5.74, 6) is 0.709. The number of nitrogens with zero attached hydrogens (tertiary/aromatic N) is 4. The van der Waals surface area contributed by atoms with Gasteiger partial charge in [0.1, 0.15) is 11.5 Å². The molecular formula is C12H19N5O3. The van der Waals surface area contributed by atoms with Crippen LogP contribution in [-0.4, -0.2) is 58.5 Å². The Bertz CT molecular complexity index is 443. The smallest absolute Gasteiger partial charge is 0.190 e. The molecule has 20 heavy (non-hydrogen) atoms. The second-order valence-electron chi connectivity index (χ2n) is 4.53. The number of nitrogens with two attached hydrogens (primary N) is 1. The Morgan fingerprint density at radius 1 is 1.40 bits per heavy atom. The molecule has 0 spiro atoms. The molecule has 1 aromatic heterocycles. The minimum Gasteiger partial charge on any atom is -0.409 e. The molecule has 2 rings (SSSR count). The summed E-state index contributed by atoms with van der Waals surface area (Å²) in [4.78, 5) is 10.5. The average Bonchev–Trinajstić information content (AvgIpc) is 2.53. The van der Waals surface area contributed by atoms with Crippen molar-refractivity contribution < 1.29 is 15.1 Å². The van der Waals surface area contributed by atoms with Gasteiger partial charge >= 0.3 is 0 Å². The van der Waals surface area contributed by atoms with Gasteiger partial charge in [-0.1, -0.05) is 5.16 Å². The van der Waals surface area contributed by atoms with Crippen molar-refractivity contribution in [2.45, 2.75) is 18.9 Å². The van der Waals surface area contributed by atoms with Crippen molar-refractivity contribution >= 4 is 11.7 Å². The molecule has 1 aromatic rings. The number of anilines is 1. The molecule has 4 N–H and O–H groups in total. The van der Waals surface area contributed by atoms with Gasteiger partial charge in [-0.25, -0.2) is 9.97 Å². The zero-order valence-corrected chi connectivity index (χ0v) is 11.1. The number of amidine groups is 1. The summed E-state index contributed by atoms with van der Waals surface area (Å²) in [7, 11) is 0. The van der Waals surface area contributed by atoms with Crippen LogP contribution in [0.25, 0.3) is 0 Å². The molecule has 0 saturated carbocycles. The highest BCUT2D eigenvalue weighted by Gasteiger charge is 2.20. The van der Waals surface area contributed by atoms with Crippen molar-refractivity contribution in [2.24, 2.45) is 10.9 Å². The van der Waals surface area contributed by atoms with Crippen molar-refractivity contribution in [1.29, 1.82) is 0 Å². The lowest BCUT2D eigenvalue weighted by Gasteiger charge is -2.32. The normalized spacial score (nSPS) is 17.4. The molecule has 0 bridgehead atoms. The van der Waals surface area contributed by atoms with Gasteiger partial charge < -0.3 is 25.7 Å². The summed E-state index contributed by atoms with van der Waals surface area (Å²) in [6.07, 6.45) is 5.08. The summed E-state index contributed by atoms with van der Waals surface area (Å²) in [5, 5.41) is 20.2. The van der Waals surface area contributed by atoms with Crippen LogP contribution in [0.3, 0.4) is 0 Å². The molecule has 0 aliphatic carbocycles. The van der Waals surface area contributed by atoms with Crippen molar-refractivity contribution in [3.63, 3.8) is 0 Å². The number of ether oxygens (including phenoxy) is 1. The number of rotatable bonds is 5. The molecule has 8 heteroatoms. The van der Waals surface area contributed by atoms with E-state index in [4.69, 9.17) is 20.8 Å². The van der Waals surface area contributed by atoms with E-state index in [1.807, 2.05) is 0 Å². The number of hydrogen-bond donors (Lipinski definition) is 3. The van der Waals surface area contributed by atoms with E-state index in [9.17, 15) is 0 Å². The summed E-state index contributed by atoms with van der Waals surface area (Å²) in [5.41, 5.74) is 5.78. The third-order valence-corrected chi connectivity index (χ3v) is 3.22. The number of hydrogen-bond acceptors (Lipinski definition) is 7. The molecule has 2 heterocycles. The van der Waals surface area contributed by atoms with Crippen molar-refractivity contribution in [3.05, 3.63) is 18.1 Å². The van der Waals surface area contributed by atoms with Crippen LogP contribution in [0.4, 0.5) is 5.82 Å². The van der Waals surface area contributed by atoms with Crippen LogP contribution in [0.15, 0.2) is 17.5 Å². The first kappa shape index (κ1) is 14.5. The van der Waals surface area contributed by atoms with Crippen LogP contribution in [0, 0.1) is 0 Å². The summed E-state index contributed by atoms with van der Waals surface area (Å²) in [6, 6.07) is 0. The van der Waals surface area contributed by atoms with Gasteiger partial charge in [0.15, 0.2) is 5.84 Å². The third-order valence-electron chi connectivity index (χ3n) is 3.22. The number of aliphatic hydroxyl groups is 1. The molecule has 0 unspecified atom stereocenters. The minimum absolute atomic E-state index is 0.0554. The topological polar surface area (TPSA) is 117 Å². The van der Waals surface area contributed by atoms with Gasteiger partial charge in [0.25, 0.3) is 0 Å². The van der Waals surface area contributed by atoms with E-state index in [-0.39, 0.29) is 18.5 Å². The molecule has 1 aliphatic heterocycles. The van der Waals surface area contributed by atoms with Crippen LogP contribution < -0.4 is 10.6 Å². The second kappa shape index (κ2) is 7.01. The van der Waals surface area contributed by atoms with Crippen LogP contribution in [0.5, 0.6) is 0 Å².